The van der Waals surface area contributed by atoms with Crippen LogP contribution in [-0.2, 0) is 16.9 Å². The van der Waals surface area contributed by atoms with Gasteiger partial charge in [-0.1, -0.05) is 13.8 Å². The maximum Gasteiger partial charge on any atom is 0.336 e. The minimum atomic E-state index is -1.23. The summed E-state index contributed by atoms with van der Waals surface area (Å²) in [5.41, 5.74) is 2.04. The van der Waals surface area contributed by atoms with Crippen LogP contribution in [0.2, 0.25) is 0 Å². The number of imide groups is 1. The molecule has 1 unspecified atom stereocenters. The molecule has 7 heteroatoms. The van der Waals surface area contributed by atoms with Gasteiger partial charge in [0.25, 0.3) is 5.91 Å². The number of hydrogen-bond donors (Lipinski definition) is 1. The Labute approximate surface area is 180 Å². The van der Waals surface area contributed by atoms with Crippen LogP contribution in [0, 0.1) is 20.8 Å². The van der Waals surface area contributed by atoms with Crippen LogP contribution in [0.3, 0.4) is 0 Å². The second-order valence-corrected chi connectivity index (χ2v) is 8.72. The van der Waals surface area contributed by atoms with Gasteiger partial charge in [-0.05, 0) is 68.5 Å². The van der Waals surface area contributed by atoms with Gasteiger partial charge in [-0.3, -0.25) is 9.69 Å². The van der Waals surface area contributed by atoms with E-state index in [1.54, 1.807) is 26.8 Å². The average molecular weight is 422 g/mol. The summed E-state index contributed by atoms with van der Waals surface area (Å²) < 4.78 is 11.0. The van der Waals surface area contributed by atoms with E-state index in [9.17, 15) is 14.4 Å². The molecule has 1 fully saturated rings. The number of amides is 3. The molecule has 3 amide bonds. The van der Waals surface area contributed by atoms with Gasteiger partial charge >= 0.3 is 11.7 Å². The Morgan fingerprint density at radius 2 is 1.74 bits per heavy atom. The molecule has 4 rings (SSSR count). The van der Waals surface area contributed by atoms with Gasteiger partial charge < -0.3 is 14.2 Å². The van der Waals surface area contributed by atoms with Crippen LogP contribution in [0.15, 0.2) is 37.9 Å². The normalized spacial score (nSPS) is 19.0. The van der Waals surface area contributed by atoms with Crippen molar-refractivity contribution in [2.45, 2.75) is 59.5 Å². The highest BCUT2D eigenvalue weighted by Crippen LogP contribution is 2.34. The van der Waals surface area contributed by atoms with E-state index in [-0.39, 0.29) is 18.4 Å². The molecule has 7 nitrogen and oxygen atoms in total. The summed E-state index contributed by atoms with van der Waals surface area (Å²) in [4.78, 5) is 39.5. The minimum Gasteiger partial charge on any atom is -0.466 e. The Hall–Kier alpha value is -3.35. The third kappa shape index (κ3) is 3.34. The summed E-state index contributed by atoms with van der Waals surface area (Å²) in [7, 11) is 0. The van der Waals surface area contributed by atoms with Gasteiger partial charge in [0.15, 0.2) is 0 Å². The van der Waals surface area contributed by atoms with Crippen molar-refractivity contribution in [2.75, 3.05) is 0 Å². The number of urea groups is 1. The van der Waals surface area contributed by atoms with Crippen LogP contribution in [0.1, 0.15) is 60.5 Å². The molecular formula is C24H26N2O5. The molecule has 1 aromatic carbocycles. The zero-order valence-corrected chi connectivity index (χ0v) is 18.6. The molecule has 1 aliphatic rings. The Bertz CT molecular complexity index is 1280. The first kappa shape index (κ1) is 20.9. The summed E-state index contributed by atoms with van der Waals surface area (Å²) in [6.07, 6.45) is 0. The van der Waals surface area contributed by atoms with E-state index in [2.05, 4.69) is 19.2 Å². The van der Waals surface area contributed by atoms with E-state index in [0.29, 0.717) is 28.2 Å². The van der Waals surface area contributed by atoms with Crippen LogP contribution < -0.4 is 10.9 Å². The monoisotopic (exact) mass is 422 g/mol. The quantitative estimate of drug-likeness (QED) is 0.497. The molecule has 2 aromatic heterocycles. The third-order valence-electron chi connectivity index (χ3n) is 6.02. The summed E-state index contributed by atoms with van der Waals surface area (Å²) in [5, 5.41) is 3.52. The molecule has 3 heterocycles. The first-order valence-corrected chi connectivity index (χ1v) is 10.3. The lowest BCUT2D eigenvalue weighted by Gasteiger charge is -2.21. The second-order valence-electron chi connectivity index (χ2n) is 8.72. The minimum absolute atomic E-state index is 0.0289. The van der Waals surface area contributed by atoms with E-state index in [1.165, 1.54) is 6.07 Å². The lowest BCUT2D eigenvalue weighted by molar-refractivity contribution is -0.131. The van der Waals surface area contributed by atoms with Crippen LogP contribution >= 0.6 is 0 Å². The lowest BCUT2D eigenvalue weighted by atomic mass is 9.92. The first-order valence-electron chi connectivity index (χ1n) is 10.3. The Morgan fingerprint density at radius 1 is 1.03 bits per heavy atom. The number of benzene rings is 1. The summed E-state index contributed by atoms with van der Waals surface area (Å²) in [6.45, 7) is 11.3. The highest BCUT2D eigenvalue weighted by molar-refractivity contribution is 6.07. The number of furan rings is 1. The van der Waals surface area contributed by atoms with Gasteiger partial charge in [-0.25, -0.2) is 9.59 Å². The molecule has 0 radical (unpaired) electrons. The average Bonchev–Trinajstić information content (AvgIpc) is 3.12. The SMILES string of the molecule is Cc1cc(C2(C)NC(=O)N(Cc3cc(=O)oc4cc(C)c(C(C)C)cc34)C2=O)c(C)o1. The topological polar surface area (TPSA) is 92.8 Å². The molecule has 3 aromatic rings. The molecule has 0 saturated carbocycles. The fraction of sp³-hybridized carbons (Fsp3) is 0.375. The predicted octanol–water partition coefficient (Wildman–Crippen LogP) is 4.40. The number of aryl methyl sites for hydroxylation is 3. The van der Waals surface area contributed by atoms with Crippen LogP contribution in [-0.4, -0.2) is 16.8 Å². The Kier molecular flexibility index (Phi) is 4.80. The van der Waals surface area contributed by atoms with E-state index >= 15 is 0 Å². The molecule has 1 atom stereocenters. The molecule has 0 bridgehead atoms. The maximum atomic E-state index is 13.4. The summed E-state index contributed by atoms with van der Waals surface area (Å²) in [6, 6.07) is 6.42. The number of hydrogen-bond acceptors (Lipinski definition) is 5. The van der Waals surface area contributed by atoms with Crippen LogP contribution in [0.4, 0.5) is 4.79 Å². The maximum absolute atomic E-state index is 13.4. The van der Waals surface area contributed by atoms with Crippen LogP contribution in [0.25, 0.3) is 11.0 Å². The van der Waals surface area contributed by atoms with Crippen molar-refractivity contribution in [3.63, 3.8) is 0 Å². The molecule has 0 aliphatic carbocycles. The Morgan fingerprint density at radius 3 is 2.35 bits per heavy atom. The molecule has 31 heavy (non-hydrogen) atoms. The number of carbonyl (C=O) groups is 2. The Balaban J connectivity index is 1.78. The summed E-state index contributed by atoms with van der Waals surface area (Å²) in [5.74, 6) is 1.13. The van der Waals surface area contributed by atoms with Crippen molar-refractivity contribution in [3.05, 3.63) is 68.5 Å². The van der Waals surface area contributed by atoms with Gasteiger partial charge in [0.2, 0.25) is 0 Å². The molecular weight excluding hydrogens is 396 g/mol. The van der Waals surface area contributed by atoms with E-state index in [1.807, 2.05) is 19.1 Å². The third-order valence-corrected chi connectivity index (χ3v) is 6.02. The fourth-order valence-corrected chi connectivity index (χ4v) is 4.46. The fourth-order valence-electron chi connectivity index (χ4n) is 4.46. The van der Waals surface area contributed by atoms with Gasteiger partial charge in [-0.2, -0.15) is 0 Å². The standard InChI is InChI=1S/C24H26N2O5/c1-12(2)17-10-18-16(9-21(27)31-20(18)7-13(17)3)11-26-22(28)24(6,25-23(26)29)19-8-14(4)30-15(19)5/h7-10,12H,11H2,1-6H3,(H,25,29). The second kappa shape index (κ2) is 7.11. The highest BCUT2D eigenvalue weighted by Gasteiger charge is 2.50. The van der Waals surface area contributed by atoms with Crippen molar-refractivity contribution in [2.24, 2.45) is 0 Å². The number of fused-ring (bicyclic) bond motifs is 1. The number of carbonyl (C=O) groups excluding carboxylic acids is 2. The lowest BCUT2D eigenvalue weighted by Crippen LogP contribution is -2.41. The number of nitrogens with zero attached hydrogens (tertiary/aromatic N) is 1. The van der Waals surface area contributed by atoms with Gasteiger partial charge in [0.1, 0.15) is 22.6 Å². The van der Waals surface area contributed by atoms with Crippen molar-refractivity contribution >= 4 is 22.9 Å². The number of rotatable bonds is 4. The summed E-state index contributed by atoms with van der Waals surface area (Å²) >= 11 is 0. The highest BCUT2D eigenvalue weighted by atomic mass is 16.4. The largest absolute Gasteiger partial charge is 0.466 e. The van der Waals surface area contributed by atoms with Crippen molar-refractivity contribution in [1.82, 2.24) is 10.2 Å². The smallest absolute Gasteiger partial charge is 0.336 e. The first-order chi connectivity index (χ1) is 14.5. The van der Waals surface area contributed by atoms with Crippen molar-refractivity contribution in [1.29, 1.82) is 0 Å². The van der Waals surface area contributed by atoms with E-state index in [0.717, 1.165) is 21.4 Å². The molecule has 1 N–H and O–H groups in total. The molecule has 1 saturated heterocycles. The van der Waals surface area contributed by atoms with Crippen LogP contribution in [0.5, 0.6) is 0 Å². The van der Waals surface area contributed by atoms with Gasteiger partial charge in [0, 0.05) is 17.0 Å². The van der Waals surface area contributed by atoms with Crippen molar-refractivity contribution < 1.29 is 18.4 Å². The predicted molar refractivity (Wildman–Crippen MR) is 116 cm³/mol. The van der Waals surface area contributed by atoms with Crippen molar-refractivity contribution in [3.8, 4) is 0 Å². The zero-order valence-electron chi connectivity index (χ0n) is 18.6. The van der Waals surface area contributed by atoms with E-state index < -0.39 is 17.2 Å². The zero-order chi connectivity index (χ0) is 22.7. The van der Waals surface area contributed by atoms with Gasteiger partial charge in [-0.15, -0.1) is 0 Å². The molecule has 1 aliphatic heterocycles. The number of nitrogens with one attached hydrogen (secondary N) is 1. The van der Waals surface area contributed by atoms with Gasteiger partial charge in [0.05, 0.1) is 6.54 Å². The molecule has 162 valence electrons. The molecule has 0 spiro atoms. The van der Waals surface area contributed by atoms with E-state index in [4.69, 9.17) is 8.83 Å².